The molecule has 0 saturated heterocycles. The molecule has 4 aromatic rings. The summed E-state index contributed by atoms with van der Waals surface area (Å²) in [6, 6.07) is 23.8. The Hall–Kier alpha value is -3.04. The molecule has 0 fully saturated rings. The van der Waals surface area contributed by atoms with Crippen molar-refractivity contribution in [3.05, 3.63) is 106 Å². The van der Waals surface area contributed by atoms with E-state index in [1.165, 1.54) is 10.9 Å². The van der Waals surface area contributed by atoms with E-state index in [0.717, 1.165) is 34.3 Å². The number of para-hydroxylation sites is 1. The number of carbonyl (C=O) groups excluding carboxylic acids is 1. The Labute approximate surface area is 174 Å². The van der Waals surface area contributed by atoms with Gasteiger partial charge in [0, 0.05) is 33.7 Å². The van der Waals surface area contributed by atoms with Crippen LogP contribution in [0, 0.1) is 6.92 Å². The minimum atomic E-state index is -0.171. The lowest BCUT2D eigenvalue weighted by Gasteiger charge is -2.36. The molecule has 2 heterocycles. The van der Waals surface area contributed by atoms with Crippen molar-refractivity contribution in [1.82, 2.24) is 9.88 Å². The molecular weight excluding hydrogens is 380 g/mol. The van der Waals surface area contributed by atoms with E-state index in [4.69, 9.17) is 11.6 Å². The molecule has 4 heteroatoms. The Balaban J connectivity index is 1.68. The Bertz CT molecular complexity index is 1210. The standard InChI is InChI=1S/C25H21ClN2O/c1-16-6-2-3-7-19(16)25(29)28-15-14-21-20-8-4-5-9-22(20)27-23(21)24(28)17-10-12-18(26)13-11-17/h2-13,24,27H,14-15H2,1H3/t24-/m0/s1. The van der Waals surface area contributed by atoms with E-state index < -0.39 is 0 Å². The van der Waals surface area contributed by atoms with E-state index in [9.17, 15) is 4.79 Å². The van der Waals surface area contributed by atoms with Crippen LogP contribution < -0.4 is 0 Å². The quantitative estimate of drug-likeness (QED) is 0.445. The molecule has 0 unspecified atom stereocenters. The Kier molecular flexibility index (Phi) is 4.40. The maximum atomic E-state index is 13.6. The first-order chi connectivity index (χ1) is 14.1. The molecule has 0 radical (unpaired) electrons. The number of hydrogen-bond donors (Lipinski definition) is 1. The highest BCUT2D eigenvalue weighted by molar-refractivity contribution is 6.30. The normalized spacial score (nSPS) is 16.1. The first kappa shape index (κ1) is 18.0. The summed E-state index contributed by atoms with van der Waals surface area (Å²) in [6.07, 6.45) is 0.834. The number of nitrogens with one attached hydrogen (secondary N) is 1. The molecule has 0 saturated carbocycles. The van der Waals surface area contributed by atoms with Crippen LogP contribution >= 0.6 is 11.6 Å². The van der Waals surface area contributed by atoms with Gasteiger partial charge in [-0.25, -0.2) is 0 Å². The number of benzene rings is 3. The summed E-state index contributed by atoms with van der Waals surface area (Å²) in [6.45, 7) is 2.66. The monoisotopic (exact) mass is 400 g/mol. The van der Waals surface area contributed by atoms with Crippen LogP contribution in [0.1, 0.15) is 38.8 Å². The number of rotatable bonds is 2. The van der Waals surface area contributed by atoms with Crippen LogP contribution in [0.15, 0.2) is 72.8 Å². The van der Waals surface area contributed by atoms with E-state index in [1.807, 2.05) is 66.4 Å². The van der Waals surface area contributed by atoms with Gasteiger partial charge in [0.15, 0.2) is 0 Å². The van der Waals surface area contributed by atoms with Crippen molar-refractivity contribution in [2.45, 2.75) is 19.4 Å². The van der Waals surface area contributed by atoms with Gasteiger partial charge in [0.2, 0.25) is 0 Å². The summed E-state index contributed by atoms with van der Waals surface area (Å²) in [5, 5.41) is 1.93. The van der Waals surface area contributed by atoms with Crippen molar-refractivity contribution in [3.8, 4) is 0 Å². The van der Waals surface area contributed by atoms with Crippen LogP contribution in [0.5, 0.6) is 0 Å². The van der Waals surface area contributed by atoms with Crippen LogP contribution in [-0.2, 0) is 6.42 Å². The highest BCUT2D eigenvalue weighted by Crippen LogP contribution is 2.39. The number of aromatic amines is 1. The Morgan fingerprint density at radius 3 is 2.52 bits per heavy atom. The SMILES string of the molecule is Cc1ccccc1C(=O)N1CCc2c([nH]c3ccccc23)[C@@H]1c1ccc(Cl)cc1. The molecule has 3 nitrogen and oxygen atoms in total. The van der Waals surface area contributed by atoms with Crippen molar-refractivity contribution >= 4 is 28.4 Å². The average Bonchev–Trinajstić information content (AvgIpc) is 3.12. The van der Waals surface area contributed by atoms with Crippen molar-refractivity contribution in [2.75, 3.05) is 6.54 Å². The van der Waals surface area contributed by atoms with Crippen LogP contribution in [0.4, 0.5) is 0 Å². The molecule has 1 aliphatic rings. The number of carbonyl (C=O) groups is 1. The molecule has 29 heavy (non-hydrogen) atoms. The number of aryl methyl sites for hydroxylation is 1. The second kappa shape index (κ2) is 7.09. The van der Waals surface area contributed by atoms with Crippen LogP contribution in [0.25, 0.3) is 10.9 Å². The second-order valence-electron chi connectivity index (χ2n) is 7.58. The molecule has 0 aliphatic carbocycles. The molecule has 1 N–H and O–H groups in total. The molecule has 0 spiro atoms. The van der Waals surface area contributed by atoms with Gasteiger partial charge in [0.1, 0.15) is 0 Å². The number of aromatic nitrogens is 1. The van der Waals surface area contributed by atoms with E-state index in [1.54, 1.807) is 0 Å². The fourth-order valence-electron chi connectivity index (χ4n) is 4.42. The molecule has 144 valence electrons. The van der Waals surface area contributed by atoms with Gasteiger partial charge in [-0.2, -0.15) is 0 Å². The predicted molar refractivity (Wildman–Crippen MR) is 118 cm³/mol. The van der Waals surface area contributed by atoms with E-state index in [0.29, 0.717) is 11.6 Å². The van der Waals surface area contributed by atoms with Crippen LogP contribution in [0.3, 0.4) is 0 Å². The van der Waals surface area contributed by atoms with Crippen LogP contribution in [0.2, 0.25) is 5.02 Å². The number of nitrogens with zero attached hydrogens (tertiary/aromatic N) is 1. The lowest BCUT2D eigenvalue weighted by molar-refractivity contribution is 0.0691. The maximum Gasteiger partial charge on any atom is 0.254 e. The van der Waals surface area contributed by atoms with E-state index >= 15 is 0 Å². The van der Waals surface area contributed by atoms with Crippen LogP contribution in [-0.4, -0.2) is 22.3 Å². The van der Waals surface area contributed by atoms with Gasteiger partial charge in [-0.15, -0.1) is 0 Å². The molecular formula is C25H21ClN2O. The number of amides is 1. The average molecular weight is 401 g/mol. The second-order valence-corrected chi connectivity index (χ2v) is 8.02. The van der Waals surface area contributed by atoms with E-state index in [2.05, 4.69) is 23.2 Å². The largest absolute Gasteiger partial charge is 0.356 e. The fourth-order valence-corrected chi connectivity index (χ4v) is 4.54. The summed E-state index contributed by atoms with van der Waals surface area (Å²) in [5.74, 6) is 0.0624. The smallest absolute Gasteiger partial charge is 0.254 e. The lowest BCUT2D eigenvalue weighted by Crippen LogP contribution is -2.40. The summed E-state index contributed by atoms with van der Waals surface area (Å²) in [5.41, 5.74) is 6.32. The van der Waals surface area contributed by atoms with Gasteiger partial charge in [0.05, 0.1) is 6.04 Å². The topological polar surface area (TPSA) is 36.1 Å². The molecule has 1 amide bonds. The minimum absolute atomic E-state index is 0.0624. The molecule has 1 atom stereocenters. The number of H-pyrrole nitrogens is 1. The summed E-state index contributed by atoms with van der Waals surface area (Å²) >= 11 is 6.14. The molecule has 3 aromatic carbocycles. The van der Waals surface area contributed by atoms with Crippen molar-refractivity contribution in [2.24, 2.45) is 0 Å². The van der Waals surface area contributed by atoms with Crippen molar-refractivity contribution in [3.63, 3.8) is 0 Å². The Morgan fingerprint density at radius 2 is 1.72 bits per heavy atom. The summed E-state index contributed by atoms with van der Waals surface area (Å²) in [4.78, 5) is 19.2. The zero-order valence-electron chi connectivity index (χ0n) is 16.2. The predicted octanol–water partition coefficient (Wildman–Crippen LogP) is 5.92. The number of hydrogen-bond acceptors (Lipinski definition) is 1. The third-order valence-corrected chi connectivity index (χ3v) is 6.11. The number of halogens is 1. The van der Waals surface area contributed by atoms with Crippen molar-refractivity contribution in [1.29, 1.82) is 0 Å². The highest BCUT2D eigenvalue weighted by atomic mass is 35.5. The van der Waals surface area contributed by atoms with Gasteiger partial charge >= 0.3 is 0 Å². The zero-order valence-corrected chi connectivity index (χ0v) is 16.9. The number of fused-ring (bicyclic) bond motifs is 3. The summed E-state index contributed by atoms with van der Waals surface area (Å²) < 4.78 is 0. The van der Waals surface area contributed by atoms with Gasteiger partial charge in [-0.3, -0.25) is 4.79 Å². The Morgan fingerprint density at radius 1 is 1.00 bits per heavy atom. The van der Waals surface area contributed by atoms with Gasteiger partial charge in [0.25, 0.3) is 5.91 Å². The molecule has 5 rings (SSSR count). The van der Waals surface area contributed by atoms with E-state index in [-0.39, 0.29) is 11.9 Å². The fraction of sp³-hybridized carbons (Fsp3) is 0.160. The van der Waals surface area contributed by atoms with Gasteiger partial charge in [-0.05, 0) is 54.3 Å². The first-order valence-electron chi connectivity index (χ1n) is 9.85. The third kappa shape index (κ3) is 3.02. The lowest BCUT2D eigenvalue weighted by atomic mass is 9.91. The molecule has 0 bridgehead atoms. The maximum absolute atomic E-state index is 13.6. The minimum Gasteiger partial charge on any atom is -0.356 e. The first-order valence-corrected chi connectivity index (χ1v) is 10.2. The van der Waals surface area contributed by atoms with Gasteiger partial charge in [-0.1, -0.05) is 60.1 Å². The van der Waals surface area contributed by atoms with Crippen molar-refractivity contribution < 1.29 is 4.79 Å². The highest BCUT2D eigenvalue weighted by Gasteiger charge is 2.35. The molecule has 1 aromatic heterocycles. The molecule has 1 aliphatic heterocycles. The third-order valence-electron chi connectivity index (χ3n) is 5.86. The van der Waals surface area contributed by atoms with Gasteiger partial charge < -0.3 is 9.88 Å². The summed E-state index contributed by atoms with van der Waals surface area (Å²) in [7, 11) is 0. The zero-order chi connectivity index (χ0) is 20.0.